The Bertz CT molecular complexity index is 935. The molecular weight excluding hydrogens is 428 g/mol. The summed E-state index contributed by atoms with van der Waals surface area (Å²) in [4.78, 5) is 37.8. The second kappa shape index (κ2) is 10.2. The zero-order chi connectivity index (χ0) is 22.5. The Labute approximate surface area is 192 Å². The summed E-state index contributed by atoms with van der Waals surface area (Å²) < 4.78 is 5.31. The molecule has 2 aliphatic rings. The molecule has 0 saturated carbocycles. The van der Waals surface area contributed by atoms with Crippen LogP contribution >= 0.6 is 11.3 Å². The Hall–Kier alpha value is -2.85. The van der Waals surface area contributed by atoms with Crippen molar-refractivity contribution in [1.29, 1.82) is 0 Å². The van der Waals surface area contributed by atoms with Gasteiger partial charge in [0.2, 0.25) is 5.91 Å². The maximum atomic E-state index is 12.8. The number of amides is 3. The van der Waals surface area contributed by atoms with Crippen molar-refractivity contribution >= 4 is 34.1 Å². The van der Waals surface area contributed by atoms with Crippen molar-refractivity contribution in [2.24, 2.45) is 0 Å². The van der Waals surface area contributed by atoms with Crippen molar-refractivity contribution in [2.75, 3.05) is 76.7 Å². The summed E-state index contributed by atoms with van der Waals surface area (Å²) in [5.41, 5.74) is 1.81. The third-order valence-corrected chi connectivity index (χ3v) is 6.75. The number of benzene rings is 1. The second-order valence-electron chi connectivity index (χ2n) is 8.11. The summed E-state index contributed by atoms with van der Waals surface area (Å²) in [5.74, 6) is 0.901. The van der Waals surface area contributed by atoms with E-state index in [0.717, 1.165) is 37.6 Å². The van der Waals surface area contributed by atoms with Crippen molar-refractivity contribution in [1.82, 2.24) is 19.7 Å². The Kier molecular flexibility index (Phi) is 7.11. The van der Waals surface area contributed by atoms with Crippen molar-refractivity contribution in [3.63, 3.8) is 0 Å². The van der Waals surface area contributed by atoms with Crippen molar-refractivity contribution in [3.8, 4) is 5.75 Å². The predicted octanol–water partition coefficient (Wildman–Crippen LogP) is 1.82. The molecule has 0 radical (unpaired) electrons. The number of carbonyl (C=O) groups excluding carboxylic acids is 2. The number of thiazole rings is 1. The molecule has 3 heterocycles. The first kappa shape index (κ1) is 22.3. The molecule has 9 nitrogen and oxygen atoms in total. The van der Waals surface area contributed by atoms with Crippen LogP contribution in [0.2, 0.25) is 0 Å². The molecule has 0 unspecified atom stereocenters. The molecule has 0 bridgehead atoms. The predicted molar refractivity (Wildman–Crippen MR) is 126 cm³/mol. The summed E-state index contributed by atoms with van der Waals surface area (Å²) in [6.07, 6.45) is 0.250. The van der Waals surface area contributed by atoms with E-state index >= 15 is 0 Å². The lowest BCUT2D eigenvalue weighted by molar-refractivity contribution is -0.130. The minimum absolute atomic E-state index is 0.0672. The number of nitrogens with one attached hydrogen (secondary N) is 1. The molecule has 1 aromatic carbocycles. The zero-order valence-electron chi connectivity index (χ0n) is 18.6. The third kappa shape index (κ3) is 5.49. The van der Waals surface area contributed by atoms with E-state index in [1.54, 1.807) is 12.0 Å². The molecule has 10 heteroatoms. The van der Waals surface area contributed by atoms with Crippen LogP contribution in [0, 0.1) is 0 Å². The standard InChI is InChI=1S/C22H30N6O3S/c1-25-6-8-28(9-7-25)22(30)24-21-23-17(16-32-21)14-20(29)27-12-10-26(11-13-27)18-4-3-5-19(15-18)31-2/h3-5,15-16H,6-14H2,1-2H3,(H,23,24,30). The number of hydrogen-bond donors (Lipinski definition) is 1. The van der Waals surface area contributed by atoms with E-state index in [1.165, 1.54) is 11.3 Å². The van der Waals surface area contributed by atoms with Gasteiger partial charge in [0.15, 0.2) is 5.13 Å². The molecule has 2 saturated heterocycles. The van der Waals surface area contributed by atoms with Gasteiger partial charge in [-0.3, -0.25) is 10.1 Å². The molecule has 4 rings (SSSR count). The van der Waals surface area contributed by atoms with E-state index in [2.05, 4.69) is 33.2 Å². The van der Waals surface area contributed by atoms with Crippen LogP contribution in [0.15, 0.2) is 29.6 Å². The SMILES string of the molecule is COc1cccc(N2CCN(C(=O)Cc3csc(NC(=O)N4CCN(C)CC4)n3)CC2)c1. The fourth-order valence-electron chi connectivity index (χ4n) is 3.91. The second-order valence-corrected chi connectivity index (χ2v) is 8.97. The van der Waals surface area contributed by atoms with Gasteiger partial charge in [-0.15, -0.1) is 11.3 Å². The molecule has 1 N–H and O–H groups in total. The van der Waals surface area contributed by atoms with Gasteiger partial charge in [-0.2, -0.15) is 0 Å². The number of ether oxygens (including phenoxy) is 1. The number of urea groups is 1. The average Bonchev–Trinajstić information content (AvgIpc) is 3.26. The molecule has 0 atom stereocenters. The van der Waals surface area contributed by atoms with E-state index in [4.69, 9.17) is 4.74 Å². The topological polar surface area (TPSA) is 81.2 Å². The van der Waals surface area contributed by atoms with Crippen LogP contribution in [0.25, 0.3) is 0 Å². The lowest BCUT2D eigenvalue weighted by Crippen LogP contribution is -2.49. The summed E-state index contributed by atoms with van der Waals surface area (Å²) in [7, 11) is 3.72. The van der Waals surface area contributed by atoms with Crippen molar-refractivity contribution in [2.45, 2.75) is 6.42 Å². The first-order chi connectivity index (χ1) is 15.5. The largest absolute Gasteiger partial charge is 0.497 e. The normalized spacial score (nSPS) is 17.4. The number of aromatic nitrogens is 1. The minimum Gasteiger partial charge on any atom is -0.497 e. The fourth-order valence-corrected chi connectivity index (χ4v) is 4.61. The van der Waals surface area contributed by atoms with Gasteiger partial charge in [0.1, 0.15) is 5.75 Å². The Morgan fingerprint density at radius 2 is 1.78 bits per heavy atom. The lowest BCUT2D eigenvalue weighted by Gasteiger charge is -2.36. The fraction of sp³-hybridized carbons (Fsp3) is 0.500. The van der Waals surface area contributed by atoms with E-state index in [1.807, 2.05) is 28.5 Å². The third-order valence-electron chi connectivity index (χ3n) is 5.94. The Morgan fingerprint density at radius 3 is 2.50 bits per heavy atom. The highest BCUT2D eigenvalue weighted by Crippen LogP contribution is 2.23. The number of carbonyl (C=O) groups is 2. The van der Waals surface area contributed by atoms with Gasteiger partial charge in [0.05, 0.1) is 19.2 Å². The first-order valence-electron chi connectivity index (χ1n) is 10.9. The molecule has 172 valence electrons. The van der Waals surface area contributed by atoms with Gasteiger partial charge in [-0.05, 0) is 19.2 Å². The quantitative estimate of drug-likeness (QED) is 0.736. The average molecular weight is 459 g/mol. The molecule has 32 heavy (non-hydrogen) atoms. The number of rotatable bonds is 5. The van der Waals surface area contributed by atoms with Gasteiger partial charge in [0.25, 0.3) is 0 Å². The molecule has 2 aliphatic heterocycles. The van der Waals surface area contributed by atoms with Crippen LogP contribution < -0.4 is 15.0 Å². The van der Waals surface area contributed by atoms with Crippen molar-refractivity contribution in [3.05, 3.63) is 35.3 Å². The number of nitrogens with zero attached hydrogens (tertiary/aromatic N) is 5. The smallest absolute Gasteiger partial charge is 0.323 e. The van der Waals surface area contributed by atoms with Gasteiger partial charge in [-0.25, -0.2) is 9.78 Å². The molecule has 0 spiro atoms. The molecule has 0 aliphatic carbocycles. The monoisotopic (exact) mass is 458 g/mol. The molecule has 2 fully saturated rings. The number of anilines is 2. The van der Waals surface area contributed by atoms with E-state index in [-0.39, 0.29) is 18.4 Å². The Balaban J connectivity index is 1.25. The molecule has 2 aromatic rings. The van der Waals surface area contributed by atoms with Crippen LogP contribution in [-0.2, 0) is 11.2 Å². The highest BCUT2D eigenvalue weighted by atomic mass is 32.1. The first-order valence-corrected chi connectivity index (χ1v) is 11.8. The number of likely N-dealkylation sites (N-methyl/N-ethyl adjacent to an activating group) is 1. The maximum absolute atomic E-state index is 12.8. The Morgan fingerprint density at radius 1 is 1.06 bits per heavy atom. The molecular formula is C22H30N6O3S. The van der Waals surface area contributed by atoms with E-state index in [9.17, 15) is 9.59 Å². The van der Waals surface area contributed by atoms with Crippen LogP contribution in [-0.4, -0.2) is 98.1 Å². The van der Waals surface area contributed by atoms with Crippen LogP contribution in [0.4, 0.5) is 15.6 Å². The minimum atomic E-state index is -0.126. The van der Waals surface area contributed by atoms with E-state index in [0.29, 0.717) is 37.0 Å². The van der Waals surface area contributed by atoms with Gasteiger partial charge in [0, 0.05) is 69.5 Å². The van der Waals surface area contributed by atoms with Gasteiger partial charge >= 0.3 is 6.03 Å². The van der Waals surface area contributed by atoms with Crippen LogP contribution in [0.3, 0.4) is 0 Å². The molecule has 1 aromatic heterocycles. The number of hydrogen-bond acceptors (Lipinski definition) is 7. The van der Waals surface area contributed by atoms with Crippen LogP contribution in [0.5, 0.6) is 5.75 Å². The van der Waals surface area contributed by atoms with Gasteiger partial charge in [-0.1, -0.05) is 6.07 Å². The van der Waals surface area contributed by atoms with Gasteiger partial charge < -0.3 is 24.3 Å². The van der Waals surface area contributed by atoms with E-state index < -0.39 is 0 Å². The summed E-state index contributed by atoms with van der Waals surface area (Å²) >= 11 is 1.36. The number of methoxy groups -OCH3 is 1. The summed E-state index contributed by atoms with van der Waals surface area (Å²) in [5, 5.41) is 5.26. The summed E-state index contributed by atoms with van der Waals surface area (Å²) in [6, 6.07) is 7.87. The van der Waals surface area contributed by atoms with Crippen molar-refractivity contribution < 1.29 is 14.3 Å². The highest BCUT2D eigenvalue weighted by molar-refractivity contribution is 7.13. The lowest BCUT2D eigenvalue weighted by atomic mass is 10.2. The highest BCUT2D eigenvalue weighted by Gasteiger charge is 2.23. The molecule has 3 amide bonds. The van der Waals surface area contributed by atoms with Crippen LogP contribution in [0.1, 0.15) is 5.69 Å². The number of piperazine rings is 2. The maximum Gasteiger partial charge on any atom is 0.323 e. The summed E-state index contributed by atoms with van der Waals surface area (Å²) in [6.45, 7) is 6.07. The zero-order valence-corrected chi connectivity index (χ0v) is 19.4.